The maximum Gasteiger partial charge on any atom is 0.356 e. The number of methoxy groups -OCH3 is 1. The first kappa shape index (κ1) is 23.4. The van der Waals surface area contributed by atoms with Crippen LogP contribution in [0.25, 0.3) is 11.0 Å². The van der Waals surface area contributed by atoms with Gasteiger partial charge in [-0.05, 0) is 43.9 Å². The summed E-state index contributed by atoms with van der Waals surface area (Å²) in [4.78, 5) is 30.9. The number of carbonyl (C=O) groups excluding carboxylic acids is 2. The van der Waals surface area contributed by atoms with Crippen molar-refractivity contribution in [2.75, 3.05) is 24.4 Å². The molecule has 3 heterocycles. The second-order valence-corrected chi connectivity index (χ2v) is 9.36. The molecule has 0 unspecified atom stereocenters. The SMILES string of the molecule is COC(=O)c1c(NC(=O)c2ccccc2)c2cc(NC3CCCCC3)cnc2n1C[C@H]1CCCO1. The Hall–Kier alpha value is -3.39. The summed E-state index contributed by atoms with van der Waals surface area (Å²) < 4.78 is 12.8. The van der Waals surface area contributed by atoms with Gasteiger partial charge >= 0.3 is 5.97 Å². The fourth-order valence-corrected chi connectivity index (χ4v) is 5.17. The Kier molecular flexibility index (Phi) is 6.99. The smallest absolute Gasteiger partial charge is 0.356 e. The lowest BCUT2D eigenvalue weighted by Gasteiger charge is -2.23. The van der Waals surface area contributed by atoms with Gasteiger partial charge in [-0.2, -0.15) is 0 Å². The van der Waals surface area contributed by atoms with E-state index in [4.69, 9.17) is 14.5 Å². The molecule has 35 heavy (non-hydrogen) atoms. The second kappa shape index (κ2) is 10.5. The van der Waals surface area contributed by atoms with E-state index in [1.165, 1.54) is 26.4 Å². The summed E-state index contributed by atoms with van der Waals surface area (Å²) in [5.74, 6) is -0.816. The van der Waals surface area contributed by atoms with Crippen molar-refractivity contribution in [1.29, 1.82) is 0 Å². The Morgan fingerprint density at radius 1 is 1.11 bits per heavy atom. The summed E-state index contributed by atoms with van der Waals surface area (Å²) >= 11 is 0. The van der Waals surface area contributed by atoms with Crippen LogP contribution in [0.2, 0.25) is 0 Å². The van der Waals surface area contributed by atoms with Gasteiger partial charge in [0.2, 0.25) is 0 Å². The number of ether oxygens (including phenoxy) is 2. The summed E-state index contributed by atoms with van der Waals surface area (Å²) in [5, 5.41) is 7.30. The zero-order chi connectivity index (χ0) is 24.2. The summed E-state index contributed by atoms with van der Waals surface area (Å²) in [7, 11) is 1.35. The normalized spacial score (nSPS) is 18.5. The standard InChI is InChI=1S/C27H32N4O4/c1-34-27(33)24-23(30-26(32)18-9-4-2-5-10-18)22-15-20(29-19-11-6-3-7-12-19)16-28-25(22)31(24)17-21-13-8-14-35-21/h2,4-5,9-10,15-16,19,21,29H,3,6-8,11-14,17H2,1H3,(H,30,32)/t21-/m1/s1. The van der Waals surface area contributed by atoms with E-state index in [9.17, 15) is 9.59 Å². The van der Waals surface area contributed by atoms with Gasteiger partial charge in [0.25, 0.3) is 5.91 Å². The van der Waals surface area contributed by atoms with Gasteiger partial charge in [-0.3, -0.25) is 4.79 Å². The minimum absolute atomic E-state index is 0.0199. The lowest BCUT2D eigenvalue weighted by Crippen LogP contribution is -2.22. The average Bonchev–Trinajstić information content (AvgIpc) is 3.51. The van der Waals surface area contributed by atoms with Gasteiger partial charge in [0.15, 0.2) is 5.69 Å². The number of benzene rings is 1. The number of nitrogens with one attached hydrogen (secondary N) is 2. The molecule has 1 saturated heterocycles. The Bertz CT molecular complexity index is 1190. The van der Waals surface area contributed by atoms with E-state index in [0.717, 1.165) is 31.4 Å². The molecule has 1 aliphatic heterocycles. The van der Waals surface area contributed by atoms with Gasteiger partial charge in [0, 0.05) is 23.6 Å². The monoisotopic (exact) mass is 476 g/mol. The van der Waals surface area contributed by atoms with Crippen molar-refractivity contribution >= 4 is 34.3 Å². The zero-order valence-electron chi connectivity index (χ0n) is 20.1. The number of amides is 1. The van der Waals surface area contributed by atoms with Gasteiger partial charge in [-0.25, -0.2) is 9.78 Å². The molecular weight excluding hydrogens is 444 g/mol. The van der Waals surface area contributed by atoms with Gasteiger partial charge in [0.05, 0.1) is 37.3 Å². The third-order valence-electron chi connectivity index (χ3n) is 6.94. The van der Waals surface area contributed by atoms with Crippen molar-refractivity contribution in [2.45, 2.75) is 63.6 Å². The van der Waals surface area contributed by atoms with E-state index in [1.807, 2.05) is 35.0 Å². The number of fused-ring (bicyclic) bond motifs is 1. The Morgan fingerprint density at radius 3 is 2.63 bits per heavy atom. The minimum Gasteiger partial charge on any atom is -0.464 e. The van der Waals surface area contributed by atoms with Crippen molar-refractivity contribution in [3.8, 4) is 0 Å². The van der Waals surface area contributed by atoms with Crippen molar-refractivity contribution in [3.63, 3.8) is 0 Å². The quantitative estimate of drug-likeness (QED) is 0.466. The molecule has 2 aliphatic rings. The van der Waals surface area contributed by atoms with E-state index in [0.29, 0.717) is 41.5 Å². The molecule has 184 valence electrons. The van der Waals surface area contributed by atoms with Crippen LogP contribution in [-0.4, -0.2) is 47.3 Å². The second-order valence-electron chi connectivity index (χ2n) is 9.36. The molecule has 2 N–H and O–H groups in total. The highest BCUT2D eigenvalue weighted by Gasteiger charge is 2.29. The number of anilines is 2. The predicted molar refractivity (Wildman–Crippen MR) is 135 cm³/mol. The van der Waals surface area contributed by atoms with Crippen LogP contribution in [0.1, 0.15) is 65.8 Å². The van der Waals surface area contributed by atoms with E-state index >= 15 is 0 Å². The Morgan fingerprint density at radius 2 is 1.91 bits per heavy atom. The van der Waals surface area contributed by atoms with Crippen LogP contribution in [0.3, 0.4) is 0 Å². The van der Waals surface area contributed by atoms with Gasteiger partial charge in [-0.15, -0.1) is 0 Å². The molecule has 0 spiro atoms. The summed E-state index contributed by atoms with van der Waals surface area (Å²) in [6.07, 6.45) is 9.66. The molecule has 5 rings (SSSR count). The van der Waals surface area contributed by atoms with Crippen LogP contribution in [0.4, 0.5) is 11.4 Å². The molecule has 1 aromatic carbocycles. The molecule has 2 fully saturated rings. The largest absolute Gasteiger partial charge is 0.464 e. The van der Waals surface area contributed by atoms with Crippen LogP contribution < -0.4 is 10.6 Å². The molecule has 1 amide bonds. The predicted octanol–water partition coefficient (Wildman–Crippen LogP) is 5.00. The van der Waals surface area contributed by atoms with Crippen LogP contribution in [-0.2, 0) is 16.0 Å². The molecule has 2 aromatic heterocycles. The first-order chi connectivity index (χ1) is 17.1. The summed E-state index contributed by atoms with van der Waals surface area (Å²) in [6, 6.07) is 11.3. The third-order valence-corrected chi connectivity index (χ3v) is 6.94. The molecule has 1 saturated carbocycles. The van der Waals surface area contributed by atoms with Crippen molar-refractivity contribution < 1.29 is 19.1 Å². The Balaban J connectivity index is 1.59. The first-order valence-electron chi connectivity index (χ1n) is 12.5. The van der Waals surface area contributed by atoms with Gasteiger partial charge in [0.1, 0.15) is 5.65 Å². The molecule has 1 atom stereocenters. The van der Waals surface area contributed by atoms with Crippen molar-refractivity contribution in [3.05, 3.63) is 53.9 Å². The maximum absolute atomic E-state index is 13.1. The number of hydrogen-bond donors (Lipinski definition) is 2. The van der Waals surface area contributed by atoms with E-state index in [-0.39, 0.29) is 17.7 Å². The minimum atomic E-state index is -0.522. The highest BCUT2D eigenvalue weighted by molar-refractivity contribution is 6.14. The van der Waals surface area contributed by atoms with Gasteiger partial charge < -0.3 is 24.7 Å². The number of nitrogens with zero attached hydrogens (tertiary/aromatic N) is 2. The number of carbonyl (C=O) groups is 2. The molecule has 3 aromatic rings. The van der Waals surface area contributed by atoms with Crippen LogP contribution in [0.5, 0.6) is 0 Å². The number of esters is 1. The molecule has 0 bridgehead atoms. The highest BCUT2D eigenvalue weighted by atomic mass is 16.5. The molecule has 1 aliphatic carbocycles. The first-order valence-corrected chi connectivity index (χ1v) is 12.5. The molecule has 0 radical (unpaired) electrons. The van der Waals surface area contributed by atoms with Crippen LogP contribution in [0, 0.1) is 0 Å². The summed E-state index contributed by atoms with van der Waals surface area (Å²) in [6.45, 7) is 1.17. The fourth-order valence-electron chi connectivity index (χ4n) is 5.17. The lowest BCUT2D eigenvalue weighted by atomic mass is 9.95. The number of rotatable bonds is 7. The third kappa shape index (κ3) is 5.03. The van der Waals surface area contributed by atoms with Crippen LogP contribution in [0.15, 0.2) is 42.6 Å². The van der Waals surface area contributed by atoms with E-state index in [2.05, 4.69) is 10.6 Å². The van der Waals surface area contributed by atoms with E-state index in [1.54, 1.807) is 12.1 Å². The zero-order valence-corrected chi connectivity index (χ0v) is 20.1. The van der Waals surface area contributed by atoms with Crippen LogP contribution >= 0.6 is 0 Å². The fraction of sp³-hybridized carbons (Fsp3) is 0.444. The highest BCUT2D eigenvalue weighted by Crippen LogP contribution is 2.34. The van der Waals surface area contributed by atoms with Crippen molar-refractivity contribution in [2.24, 2.45) is 0 Å². The van der Waals surface area contributed by atoms with Gasteiger partial charge in [-0.1, -0.05) is 37.5 Å². The molecule has 8 heteroatoms. The topological polar surface area (TPSA) is 94.5 Å². The number of aromatic nitrogens is 2. The Labute approximate surface area is 205 Å². The molecular formula is C27H32N4O4. The lowest BCUT2D eigenvalue weighted by molar-refractivity contribution is 0.0580. The summed E-state index contributed by atoms with van der Waals surface area (Å²) in [5.41, 5.74) is 2.71. The van der Waals surface area contributed by atoms with E-state index < -0.39 is 5.97 Å². The average molecular weight is 477 g/mol. The van der Waals surface area contributed by atoms with Crippen molar-refractivity contribution in [1.82, 2.24) is 9.55 Å². The molecule has 8 nitrogen and oxygen atoms in total. The number of pyridine rings is 1. The number of hydrogen-bond acceptors (Lipinski definition) is 6. The maximum atomic E-state index is 13.1.